The molecule has 0 radical (unpaired) electrons. The average Bonchev–Trinajstić information content (AvgIpc) is 2.39. The van der Waals surface area contributed by atoms with Crippen LogP contribution in [0.15, 0.2) is 51.4 Å². The number of ether oxygens (including phenoxy) is 1. The average molecular weight is 383 g/mol. The molecule has 2 aromatic carbocycles. The van der Waals surface area contributed by atoms with Crippen LogP contribution >= 0.6 is 31.9 Å². The molecule has 0 aliphatic carbocycles. The minimum absolute atomic E-state index is 0.00484. The molecule has 0 aromatic heterocycles. The molecule has 4 heteroatoms. The summed E-state index contributed by atoms with van der Waals surface area (Å²) in [6.07, 6.45) is 0.807. The Morgan fingerprint density at radius 1 is 1.05 bits per heavy atom. The van der Waals surface area contributed by atoms with Gasteiger partial charge in [0, 0.05) is 27.0 Å². The first-order valence-electron chi connectivity index (χ1n) is 6.10. The lowest BCUT2D eigenvalue weighted by atomic mass is 9.94. The number of nitrogens with two attached hydrogens (primary N) is 1. The van der Waals surface area contributed by atoms with Crippen molar-refractivity contribution < 1.29 is 4.74 Å². The lowest BCUT2D eigenvalue weighted by Gasteiger charge is -2.30. The van der Waals surface area contributed by atoms with Crippen LogP contribution in [-0.2, 0) is 0 Å². The summed E-state index contributed by atoms with van der Waals surface area (Å²) >= 11 is 6.96. The molecule has 2 nitrogen and oxygen atoms in total. The Morgan fingerprint density at radius 3 is 2.63 bits per heavy atom. The SMILES string of the molecule is N[C@@H]1CC(c2cccc(Br)c2)Oc2ccc(Br)cc21. The molecular formula is C15H13Br2NO. The van der Waals surface area contributed by atoms with Crippen molar-refractivity contribution in [1.29, 1.82) is 0 Å². The normalized spacial score (nSPS) is 21.6. The van der Waals surface area contributed by atoms with E-state index in [0.29, 0.717) is 0 Å². The third-order valence-corrected chi connectivity index (χ3v) is 4.32. The predicted octanol–water partition coefficient (Wildman–Crippen LogP) is 4.74. The Balaban J connectivity index is 1.95. The molecule has 98 valence electrons. The Morgan fingerprint density at radius 2 is 1.84 bits per heavy atom. The van der Waals surface area contributed by atoms with Crippen molar-refractivity contribution in [1.82, 2.24) is 0 Å². The highest BCUT2D eigenvalue weighted by molar-refractivity contribution is 9.10. The quantitative estimate of drug-likeness (QED) is 0.773. The lowest BCUT2D eigenvalue weighted by molar-refractivity contribution is 0.161. The van der Waals surface area contributed by atoms with Crippen molar-refractivity contribution in [3.05, 3.63) is 62.5 Å². The van der Waals surface area contributed by atoms with Crippen LogP contribution in [0.4, 0.5) is 0 Å². The molecule has 1 heterocycles. The highest BCUT2D eigenvalue weighted by atomic mass is 79.9. The first kappa shape index (κ1) is 13.2. The number of benzene rings is 2. The monoisotopic (exact) mass is 381 g/mol. The second-order valence-electron chi connectivity index (χ2n) is 4.69. The third kappa shape index (κ3) is 2.71. The molecule has 1 aliphatic heterocycles. The van der Waals surface area contributed by atoms with E-state index in [1.54, 1.807) is 0 Å². The van der Waals surface area contributed by atoms with E-state index in [0.717, 1.165) is 32.2 Å². The zero-order chi connectivity index (χ0) is 13.4. The van der Waals surface area contributed by atoms with Crippen molar-refractivity contribution in [3.63, 3.8) is 0 Å². The van der Waals surface area contributed by atoms with Gasteiger partial charge in [0.2, 0.25) is 0 Å². The summed E-state index contributed by atoms with van der Waals surface area (Å²) in [5.41, 5.74) is 8.49. The molecule has 0 bridgehead atoms. The molecule has 2 aromatic rings. The van der Waals surface area contributed by atoms with E-state index >= 15 is 0 Å². The highest BCUT2D eigenvalue weighted by Crippen LogP contribution is 2.41. The standard InChI is InChI=1S/C15H13Br2NO/c16-10-3-1-2-9(6-10)15-8-13(18)12-7-11(17)4-5-14(12)19-15/h1-7,13,15H,8,18H2/t13-,15?/m1/s1. The first-order valence-corrected chi connectivity index (χ1v) is 7.69. The first-order chi connectivity index (χ1) is 9.13. The van der Waals surface area contributed by atoms with Gasteiger partial charge >= 0.3 is 0 Å². The summed E-state index contributed by atoms with van der Waals surface area (Å²) in [5, 5.41) is 0. The highest BCUT2D eigenvalue weighted by Gasteiger charge is 2.27. The summed E-state index contributed by atoms with van der Waals surface area (Å²) in [7, 11) is 0. The van der Waals surface area contributed by atoms with Crippen LogP contribution in [0.5, 0.6) is 5.75 Å². The van der Waals surface area contributed by atoms with Crippen LogP contribution in [0.25, 0.3) is 0 Å². The molecule has 0 spiro atoms. The number of fused-ring (bicyclic) bond motifs is 1. The number of rotatable bonds is 1. The van der Waals surface area contributed by atoms with Gasteiger partial charge in [-0.05, 0) is 35.9 Å². The molecule has 0 fully saturated rings. The molecule has 19 heavy (non-hydrogen) atoms. The van der Waals surface area contributed by atoms with Crippen molar-refractivity contribution in [3.8, 4) is 5.75 Å². The Labute approximate surface area is 129 Å². The minimum Gasteiger partial charge on any atom is -0.485 e. The fourth-order valence-electron chi connectivity index (χ4n) is 2.39. The molecular weight excluding hydrogens is 370 g/mol. The maximum absolute atomic E-state index is 6.27. The molecule has 2 N–H and O–H groups in total. The fraction of sp³-hybridized carbons (Fsp3) is 0.200. The van der Waals surface area contributed by atoms with E-state index in [1.807, 2.05) is 30.3 Å². The fourth-order valence-corrected chi connectivity index (χ4v) is 3.18. The Hall–Kier alpha value is -0.840. The van der Waals surface area contributed by atoms with Gasteiger partial charge in [0.05, 0.1) is 0 Å². The molecule has 3 rings (SSSR count). The number of hydrogen-bond donors (Lipinski definition) is 1. The lowest BCUT2D eigenvalue weighted by Crippen LogP contribution is -2.24. The van der Waals surface area contributed by atoms with Gasteiger partial charge in [-0.3, -0.25) is 0 Å². The van der Waals surface area contributed by atoms with Gasteiger partial charge in [-0.15, -0.1) is 0 Å². The number of hydrogen-bond acceptors (Lipinski definition) is 2. The van der Waals surface area contributed by atoms with Gasteiger partial charge in [0.15, 0.2) is 0 Å². The van der Waals surface area contributed by atoms with Crippen molar-refractivity contribution in [2.24, 2.45) is 5.73 Å². The molecule has 0 amide bonds. The molecule has 2 atom stereocenters. The van der Waals surface area contributed by atoms with Crippen LogP contribution in [0, 0.1) is 0 Å². The predicted molar refractivity (Wildman–Crippen MR) is 83.2 cm³/mol. The van der Waals surface area contributed by atoms with E-state index in [9.17, 15) is 0 Å². The van der Waals surface area contributed by atoms with Crippen LogP contribution in [0.1, 0.15) is 29.7 Å². The van der Waals surface area contributed by atoms with Crippen LogP contribution in [0.2, 0.25) is 0 Å². The maximum atomic E-state index is 6.27. The van der Waals surface area contributed by atoms with E-state index in [-0.39, 0.29) is 12.1 Å². The summed E-state index contributed by atoms with van der Waals surface area (Å²) in [5.74, 6) is 0.881. The van der Waals surface area contributed by atoms with E-state index in [1.165, 1.54) is 0 Å². The van der Waals surface area contributed by atoms with Crippen molar-refractivity contribution in [2.75, 3.05) is 0 Å². The van der Waals surface area contributed by atoms with Gasteiger partial charge < -0.3 is 10.5 Å². The smallest absolute Gasteiger partial charge is 0.126 e. The maximum Gasteiger partial charge on any atom is 0.126 e. The van der Waals surface area contributed by atoms with E-state index < -0.39 is 0 Å². The summed E-state index contributed by atoms with van der Waals surface area (Å²) in [4.78, 5) is 0. The van der Waals surface area contributed by atoms with Gasteiger partial charge in [-0.25, -0.2) is 0 Å². The van der Waals surface area contributed by atoms with Crippen LogP contribution in [-0.4, -0.2) is 0 Å². The zero-order valence-corrected chi connectivity index (χ0v) is 13.3. The molecule has 0 saturated carbocycles. The molecule has 0 saturated heterocycles. The second kappa shape index (κ2) is 5.27. The van der Waals surface area contributed by atoms with Crippen LogP contribution < -0.4 is 10.5 Å². The molecule has 1 unspecified atom stereocenters. The topological polar surface area (TPSA) is 35.2 Å². The van der Waals surface area contributed by atoms with Gasteiger partial charge in [-0.2, -0.15) is 0 Å². The summed E-state index contributed by atoms with van der Waals surface area (Å²) in [6.45, 7) is 0. The van der Waals surface area contributed by atoms with Crippen LogP contribution in [0.3, 0.4) is 0 Å². The largest absolute Gasteiger partial charge is 0.485 e. The van der Waals surface area contributed by atoms with Gasteiger partial charge in [-0.1, -0.05) is 44.0 Å². The van der Waals surface area contributed by atoms with Gasteiger partial charge in [0.25, 0.3) is 0 Å². The van der Waals surface area contributed by atoms with Crippen molar-refractivity contribution >= 4 is 31.9 Å². The van der Waals surface area contributed by atoms with E-state index in [4.69, 9.17) is 10.5 Å². The van der Waals surface area contributed by atoms with Crippen molar-refractivity contribution in [2.45, 2.75) is 18.6 Å². The molecule has 1 aliphatic rings. The third-order valence-electron chi connectivity index (χ3n) is 3.33. The van der Waals surface area contributed by atoms with E-state index in [2.05, 4.69) is 44.0 Å². The zero-order valence-electron chi connectivity index (χ0n) is 10.1. The number of halogens is 2. The Bertz CT molecular complexity index is 615. The summed E-state index contributed by atoms with van der Waals surface area (Å²) < 4.78 is 8.17. The summed E-state index contributed by atoms with van der Waals surface area (Å²) in [6, 6.07) is 14.2. The van der Waals surface area contributed by atoms with Gasteiger partial charge in [0.1, 0.15) is 11.9 Å². The minimum atomic E-state index is 0.00484. The second-order valence-corrected chi connectivity index (χ2v) is 6.52. The Kier molecular flexibility index (Phi) is 3.65.